The predicted molar refractivity (Wildman–Crippen MR) is 133 cm³/mol. The molecule has 7 heteroatoms. The number of H-pyrrole nitrogens is 1. The van der Waals surface area contributed by atoms with Crippen molar-refractivity contribution in [2.45, 2.75) is 13.3 Å². The third-order valence-electron chi connectivity index (χ3n) is 5.27. The molecule has 1 heterocycles. The van der Waals surface area contributed by atoms with Crippen LogP contribution < -0.4 is 14.8 Å². The lowest BCUT2D eigenvalue weighted by atomic mass is 10.1. The SMILES string of the molecule is CCc1ccc(NC(=O)COc2ccc(/C=C(\C#N)c3nc4ccccc4[nH]3)cc2OC)cc1. The maximum Gasteiger partial charge on any atom is 0.262 e. The van der Waals surface area contributed by atoms with Crippen LogP contribution in [0.4, 0.5) is 5.69 Å². The van der Waals surface area contributed by atoms with E-state index in [0.29, 0.717) is 28.6 Å². The average Bonchev–Trinajstić information content (AvgIpc) is 3.31. The van der Waals surface area contributed by atoms with Gasteiger partial charge in [0.15, 0.2) is 18.1 Å². The molecule has 170 valence electrons. The third kappa shape index (κ3) is 5.25. The van der Waals surface area contributed by atoms with Crippen molar-refractivity contribution in [3.63, 3.8) is 0 Å². The van der Waals surface area contributed by atoms with Gasteiger partial charge in [-0.3, -0.25) is 4.79 Å². The lowest BCUT2D eigenvalue weighted by molar-refractivity contribution is -0.118. The molecule has 7 nitrogen and oxygen atoms in total. The first kappa shape index (κ1) is 22.6. The molecular formula is C27H24N4O3. The van der Waals surface area contributed by atoms with E-state index in [1.165, 1.54) is 12.7 Å². The van der Waals surface area contributed by atoms with Gasteiger partial charge in [0, 0.05) is 5.69 Å². The number of anilines is 1. The Morgan fingerprint density at radius 2 is 1.91 bits per heavy atom. The summed E-state index contributed by atoms with van der Waals surface area (Å²) in [5.41, 5.74) is 4.70. The Hall–Kier alpha value is -4.57. The number of allylic oxidation sites excluding steroid dienone is 1. The first-order chi connectivity index (χ1) is 16.6. The van der Waals surface area contributed by atoms with Gasteiger partial charge >= 0.3 is 0 Å². The number of hydrogen-bond donors (Lipinski definition) is 2. The van der Waals surface area contributed by atoms with Crippen LogP contribution in [-0.4, -0.2) is 29.6 Å². The molecule has 0 atom stereocenters. The van der Waals surface area contributed by atoms with Crippen LogP contribution in [0.3, 0.4) is 0 Å². The highest BCUT2D eigenvalue weighted by molar-refractivity contribution is 5.92. The largest absolute Gasteiger partial charge is 0.493 e. The summed E-state index contributed by atoms with van der Waals surface area (Å²) < 4.78 is 11.1. The zero-order valence-electron chi connectivity index (χ0n) is 19.0. The van der Waals surface area contributed by atoms with Crippen LogP contribution in [-0.2, 0) is 11.2 Å². The molecule has 4 rings (SSSR count). The van der Waals surface area contributed by atoms with Crippen LogP contribution in [0.25, 0.3) is 22.7 Å². The van der Waals surface area contributed by atoms with Gasteiger partial charge in [-0.2, -0.15) is 5.26 Å². The van der Waals surface area contributed by atoms with Crippen LogP contribution >= 0.6 is 0 Å². The Morgan fingerprint density at radius 1 is 1.12 bits per heavy atom. The Kier molecular flexibility index (Phi) is 6.89. The second kappa shape index (κ2) is 10.4. The minimum absolute atomic E-state index is 0.163. The zero-order valence-corrected chi connectivity index (χ0v) is 19.0. The minimum atomic E-state index is -0.271. The van der Waals surface area contributed by atoms with E-state index in [9.17, 15) is 10.1 Å². The number of hydrogen-bond acceptors (Lipinski definition) is 5. The highest BCUT2D eigenvalue weighted by Gasteiger charge is 2.11. The number of carbonyl (C=O) groups excluding carboxylic acids is 1. The van der Waals surface area contributed by atoms with Gasteiger partial charge in [0.2, 0.25) is 0 Å². The molecule has 0 aliphatic rings. The second-order valence-corrected chi connectivity index (χ2v) is 7.57. The number of amides is 1. The zero-order chi connectivity index (χ0) is 23.9. The monoisotopic (exact) mass is 452 g/mol. The van der Waals surface area contributed by atoms with Crippen molar-refractivity contribution in [3.8, 4) is 17.6 Å². The smallest absolute Gasteiger partial charge is 0.262 e. The number of carbonyl (C=O) groups is 1. The van der Waals surface area contributed by atoms with Crippen LogP contribution in [0.5, 0.6) is 11.5 Å². The molecule has 0 aliphatic heterocycles. The van der Waals surface area contributed by atoms with Gasteiger partial charge in [0.25, 0.3) is 5.91 Å². The minimum Gasteiger partial charge on any atom is -0.493 e. The summed E-state index contributed by atoms with van der Waals surface area (Å²) in [6.07, 6.45) is 2.66. The highest BCUT2D eigenvalue weighted by Crippen LogP contribution is 2.30. The van der Waals surface area contributed by atoms with E-state index in [0.717, 1.165) is 23.0 Å². The van der Waals surface area contributed by atoms with E-state index in [2.05, 4.69) is 28.3 Å². The van der Waals surface area contributed by atoms with Crippen molar-refractivity contribution in [2.24, 2.45) is 0 Å². The molecule has 3 aromatic carbocycles. The summed E-state index contributed by atoms with van der Waals surface area (Å²) >= 11 is 0. The molecule has 0 saturated carbocycles. The number of rotatable bonds is 8. The lowest BCUT2D eigenvalue weighted by Crippen LogP contribution is -2.20. The van der Waals surface area contributed by atoms with Crippen molar-refractivity contribution in [1.29, 1.82) is 5.26 Å². The fourth-order valence-electron chi connectivity index (χ4n) is 3.46. The molecule has 1 amide bonds. The molecule has 0 unspecified atom stereocenters. The normalized spacial score (nSPS) is 11.1. The van der Waals surface area contributed by atoms with Crippen LogP contribution in [0.15, 0.2) is 66.7 Å². The van der Waals surface area contributed by atoms with E-state index in [4.69, 9.17) is 9.47 Å². The number of imidazole rings is 1. The molecule has 4 aromatic rings. The molecule has 0 aliphatic carbocycles. The number of aromatic nitrogens is 2. The molecule has 1 aromatic heterocycles. The number of nitrogens with zero attached hydrogens (tertiary/aromatic N) is 2. The van der Waals surface area contributed by atoms with E-state index >= 15 is 0 Å². The molecule has 34 heavy (non-hydrogen) atoms. The van der Waals surface area contributed by atoms with Crippen molar-refractivity contribution in [2.75, 3.05) is 19.0 Å². The van der Waals surface area contributed by atoms with Gasteiger partial charge in [-0.05, 0) is 60.0 Å². The Bertz CT molecular complexity index is 1350. The number of aryl methyl sites for hydroxylation is 1. The van der Waals surface area contributed by atoms with E-state index in [-0.39, 0.29) is 12.5 Å². The van der Waals surface area contributed by atoms with Crippen LogP contribution in [0, 0.1) is 11.3 Å². The molecule has 2 N–H and O–H groups in total. The first-order valence-electron chi connectivity index (χ1n) is 10.9. The molecule has 0 radical (unpaired) electrons. The van der Waals surface area contributed by atoms with Crippen molar-refractivity contribution >= 4 is 34.3 Å². The molecular weight excluding hydrogens is 428 g/mol. The van der Waals surface area contributed by atoms with Gasteiger partial charge in [-0.25, -0.2) is 4.98 Å². The molecule has 0 bridgehead atoms. The number of para-hydroxylation sites is 2. The maximum atomic E-state index is 12.3. The fourth-order valence-corrected chi connectivity index (χ4v) is 3.46. The van der Waals surface area contributed by atoms with E-state index < -0.39 is 0 Å². The Labute approximate surface area is 197 Å². The molecule has 0 spiro atoms. The summed E-state index contributed by atoms with van der Waals surface area (Å²) in [5, 5.41) is 12.5. The average molecular weight is 453 g/mol. The topological polar surface area (TPSA) is 100 Å². The van der Waals surface area contributed by atoms with Gasteiger partial charge in [0.05, 0.1) is 23.7 Å². The van der Waals surface area contributed by atoms with Gasteiger partial charge in [0.1, 0.15) is 11.9 Å². The summed E-state index contributed by atoms with van der Waals surface area (Å²) in [4.78, 5) is 19.9. The van der Waals surface area contributed by atoms with Gasteiger partial charge in [-0.15, -0.1) is 0 Å². The quantitative estimate of drug-likeness (QED) is 0.357. The van der Waals surface area contributed by atoms with Crippen LogP contribution in [0.2, 0.25) is 0 Å². The lowest BCUT2D eigenvalue weighted by Gasteiger charge is -2.12. The number of nitriles is 1. The number of nitrogens with one attached hydrogen (secondary N) is 2. The van der Waals surface area contributed by atoms with Gasteiger partial charge in [-0.1, -0.05) is 37.3 Å². The van der Waals surface area contributed by atoms with Crippen molar-refractivity contribution in [1.82, 2.24) is 9.97 Å². The Balaban J connectivity index is 1.46. The molecule has 0 saturated heterocycles. The summed E-state index contributed by atoms with van der Waals surface area (Å²) in [6, 6.07) is 22.7. The summed E-state index contributed by atoms with van der Waals surface area (Å²) in [5.74, 6) is 1.10. The number of methoxy groups -OCH3 is 1. The standard InChI is InChI=1S/C27H24N4O3/c1-3-18-8-11-21(12-9-18)29-26(32)17-34-24-13-10-19(15-25(24)33-2)14-20(16-28)27-30-22-6-4-5-7-23(22)31-27/h4-15H,3,17H2,1-2H3,(H,29,32)(H,30,31)/b20-14+. The summed E-state index contributed by atoms with van der Waals surface area (Å²) in [7, 11) is 1.52. The van der Waals surface area contributed by atoms with Gasteiger partial charge < -0.3 is 19.8 Å². The predicted octanol–water partition coefficient (Wildman–Crippen LogP) is 5.22. The fraction of sp³-hybridized carbons (Fsp3) is 0.148. The number of benzene rings is 3. The maximum absolute atomic E-state index is 12.3. The van der Waals surface area contributed by atoms with E-state index in [1.807, 2.05) is 48.5 Å². The number of aromatic amines is 1. The summed E-state index contributed by atoms with van der Waals surface area (Å²) in [6.45, 7) is 1.92. The number of ether oxygens (including phenoxy) is 2. The Morgan fingerprint density at radius 3 is 2.62 bits per heavy atom. The second-order valence-electron chi connectivity index (χ2n) is 7.57. The highest BCUT2D eigenvalue weighted by atomic mass is 16.5. The van der Waals surface area contributed by atoms with E-state index in [1.54, 1.807) is 24.3 Å². The van der Waals surface area contributed by atoms with Crippen molar-refractivity contribution in [3.05, 3.63) is 83.7 Å². The first-order valence-corrected chi connectivity index (χ1v) is 10.9. The van der Waals surface area contributed by atoms with Crippen LogP contribution in [0.1, 0.15) is 23.9 Å². The number of fused-ring (bicyclic) bond motifs is 1. The van der Waals surface area contributed by atoms with Crippen molar-refractivity contribution < 1.29 is 14.3 Å². The third-order valence-corrected chi connectivity index (χ3v) is 5.27. The molecule has 0 fully saturated rings.